The number of nitrogens with one attached hydrogen (secondary N) is 1. The minimum Gasteiger partial charge on any atom is -0.379 e. The van der Waals surface area contributed by atoms with Gasteiger partial charge in [-0.05, 0) is 11.6 Å². The van der Waals surface area contributed by atoms with Crippen LogP contribution in [0.15, 0.2) is 6.07 Å². The van der Waals surface area contributed by atoms with Gasteiger partial charge in [0.25, 0.3) is 0 Å². The van der Waals surface area contributed by atoms with Gasteiger partial charge in [-0.1, -0.05) is 0 Å². The van der Waals surface area contributed by atoms with E-state index in [1.807, 2.05) is 0 Å². The van der Waals surface area contributed by atoms with Gasteiger partial charge in [0.15, 0.2) is 5.69 Å². The van der Waals surface area contributed by atoms with Gasteiger partial charge in [0.05, 0.1) is 13.2 Å². The minimum atomic E-state index is -4.55. The number of aromatic nitrogens is 2. The fourth-order valence-electron chi connectivity index (χ4n) is 1.46. The highest BCUT2D eigenvalue weighted by Crippen LogP contribution is 2.29. The van der Waals surface area contributed by atoms with E-state index in [-0.39, 0.29) is 5.82 Å². The van der Waals surface area contributed by atoms with Crippen LogP contribution in [0.5, 0.6) is 0 Å². The fraction of sp³-hybridized carbons (Fsp3) is 0.556. The summed E-state index contributed by atoms with van der Waals surface area (Å²) in [4.78, 5) is 6.85. The summed E-state index contributed by atoms with van der Waals surface area (Å²) in [5, 5.41) is 1.27. The molecule has 1 fully saturated rings. The average molecular weight is 283 g/mol. The Bertz CT molecular complexity index is 423. The molecule has 1 saturated heterocycles. The number of alkyl halides is 3. The van der Waals surface area contributed by atoms with E-state index in [1.54, 1.807) is 5.01 Å². The number of halogens is 4. The van der Waals surface area contributed by atoms with Gasteiger partial charge in [-0.3, -0.25) is 0 Å². The smallest absolute Gasteiger partial charge is 0.379 e. The van der Waals surface area contributed by atoms with Crippen LogP contribution in [0.4, 0.5) is 19.0 Å². The predicted molar refractivity (Wildman–Crippen MR) is 58.1 cm³/mol. The van der Waals surface area contributed by atoms with Crippen molar-refractivity contribution in [1.29, 1.82) is 0 Å². The Morgan fingerprint density at radius 3 is 2.56 bits per heavy atom. The third-order valence-corrected chi connectivity index (χ3v) is 2.44. The molecule has 0 aliphatic carbocycles. The zero-order valence-corrected chi connectivity index (χ0v) is 9.92. The standard InChI is InChI=1S/C9H10ClF3N4O/c10-8-14-6(9(11,12)13)5-7(15-8)16-17-1-3-18-4-2-17/h5H,1-4H2,(H,14,15,16). The molecule has 1 aromatic rings. The van der Waals surface area contributed by atoms with Crippen LogP contribution >= 0.6 is 11.6 Å². The second kappa shape index (κ2) is 5.25. The molecule has 2 rings (SSSR count). The predicted octanol–water partition coefficient (Wildman–Crippen LogP) is 1.81. The van der Waals surface area contributed by atoms with Gasteiger partial charge in [0, 0.05) is 19.2 Å². The van der Waals surface area contributed by atoms with Gasteiger partial charge < -0.3 is 10.2 Å². The summed E-state index contributed by atoms with van der Waals surface area (Å²) in [7, 11) is 0. The molecule has 0 atom stereocenters. The minimum absolute atomic E-state index is 0.0178. The van der Waals surface area contributed by atoms with Gasteiger partial charge in [0.1, 0.15) is 5.82 Å². The molecule has 0 saturated carbocycles. The van der Waals surface area contributed by atoms with E-state index in [4.69, 9.17) is 16.3 Å². The third kappa shape index (κ3) is 3.44. The van der Waals surface area contributed by atoms with Crippen molar-refractivity contribution in [3.8, 4) is 0 Å². The Balaban J connectivity index is 2.14. The summed E-state index contributed by atoms with van der Waals surface area (Å²) in [5.41, 5.74) is 1.68. The molecule has 0 unspecified atom stereocenters. The van der Waals surface area contributed by atoms with Crippen molar-refractivity contribution in [1.82, 2.24) is 15.0 Å². The quantitative estimate of drug-likeness (QED) is 0.839. The second-order valence-corrected chi connectivity index (χ2v) is 3.95. The third-order valence-electron chi connectivity index (χ3n) is 2.27. The van der Waals surface area contributed by atoms with Crippen molar-refractivity contribution in [3.63, 3.8) is 0 Å². The van der Waals surface area contributed by atoms with Gasteiger partial charge >= 0.3 is 6.18 Å². The molecular formula is C9H10ClF3N4O. The number of nitrogens with zero attached hydrogens (tertiary/aromatic N) is 3. The zero-order chi connectivity index (χ0) is 13.2. The molecular weight excluding hydrogens is 273 g/mol. The first kappa shape index (κ1) is 13.3. The topological polar surface area (TPSA) is 50.3 Å². The Morgan fingerprint density at radius 1 is 1.28 bits per heavy atom. The molecule has 0 aromatic carbocycles. The number of hydrazine groups is 1. The van der Waals surface area contributed by atoms with Crippen LogP contribution in [-0.4, -0.2) is 41.3 Å². The largest absolute Gasteiger partial charge is 0.433 e. The SMILES string of the molecule is FC(F)(F)c1cc(NN2CCOCC2)nc(Cl)n1. The summed E-state index contributed by atoms with van der Waals surface area (Å²) in [6.07, 6.45) is -4.55. The maximum absolute atomic E-state index is 12.5. The average Bonchev–Trinajstić information content (AvgIpc) is 2.28. The summed E-state index contributed by atoms with van der Waals surface area (Å²) in [6, 6.07) is 0.821. The molecule has 0 radical (unpaired) electrons. The lowest BCUT2D eigenvalue weighted by Gasteiger charge is -2.27. The van der Waals surface area contributed by atoms with Crippen LogP contribution in [-0.2, 0) is 10.9 Å². The normalized spacial score (nSPS) is 17.8. The van der Waals surface area contributed by atoms with Crippen LogP contribution in [0.25, 0.3) is 0 Å². The van der Waals surface area contributed by atoms with Crippen molar-refractivity contribution >= 4 is 17.4 Å². The first-order chi connectivity index (χ1) is 8.45. The lowest BCUT2D eigenvalue weighted by atomic mass is 10.4. The maximum Gasteiger partial charge on any atom is 0.433 e. The molecule has 0 spiro atoms. The number of ether oxygens (including phenoxy) is 1. The van der Waals surface area contributed by atoms with Crippen LogP contribution in [0.1, 0.15) is 5.69 Å². The maximum atomic E-state index is 12.5. The number of hydrogen-bond donors (Lipinski definition) is 1. The van der Waals surface area contributed by atoms with Gasteiger partial charge in [-0.25, -0.2) is 9.99 Å². The summed E-state index contributed by atoms with van der Waals surface area (Å²) in [6.45, 7) is 2.14. The van der Waals surface area contributed by atoms with E-state index in [0.717, 1.165) is 6.07 Å². The van der Waals surface area contributed by atoms with Crippen LogP contribution < -0.4 is 5.43 Å². The summed E-state index contributed by atoms with van der Waals surface area (Å²) in [5.74, 6) is 0.0178. The Labute approximate surface area is 106 Å². The highest BCUT2D eigenvalue weighted by Gasteiger charge is 2.33. The van der Waals surface area contributed by atoms with Gasteiger partial charge in [0.2, 0.25) is 5.28 Å². The molecule has 1 aliphatic heterocycles. The monoisotopic (exact) mass is 282 g/mol. The van der Waals surface area contributed by atoms with E-state index in [1.165, 1.54) is 0 Å². The first-order valence-electron chi connectivity index (χ1n) is 5.16. The lowest BCUT2D eigenvalue weighted by molar-refractivity contribution is -0.141. The molecule has 5 nitrogen and oxygen atoms in total. The Hall–Kier alpha value is -1.12. The molecule has 2 heterocycles. The van der Waals surface area contributed by atoms with Gasteiger partial charge in [-0.2, -0.15) is 18.2 Å². The number of anilines is 1. The van der Waals surface area contributed by atoms with E-state index < -0.39 is 17.2 Å². The molecule has 1 aromatic heterocycles. The Kier molecular flexibility index (Phi) is 3.88. The number of rotatable bonds is 2. The molecule has 100 valence electrons. The lowest BCUT2D eigenvalue weighted by Crippen LogP contribution is -2.40. The van der Waals surface area contributed by atoms with E-state index >= 15 is 0 Å². The van der Waals surface area contributed by atoms with Crippen molar-refractivity contribution in [2.24, 2.45) is 0 Å². The van der Waals surface area contributed by atoms with E-state index in [9.17, 15) is 13.2 Å². The van der Waals surface area contributed by atoms with E-state index in [0.29, 0.717) is 26.3 Å². The number of morpholine rings is 1. The van der Waals surface area contributed by atoms with E-state index in [2.05, 4.69) is 15.4 Å². The summed E-state index contributed by atoms with van der Waals surface area (Å²) < 4.78 is 42.7. The van der Waals surface area contributed by atoms with Crippen molar-refractivity contribution in [2.45, 2.75) is 6.18 Å². The van der Waals surface area contributed by atoms with Crippen LogP contribution in [0.2, 0.25) is 5.28 Å². The number of hydrogen-bond acceptors (Lipinski definition) is 5. The van der Waals surface area contributed by atoms with Gasteiger partial charge in [-0.15, -0.1) is 0 Å². The van der Waals surface area contributed by atoms with Crippen LogP contribution in [0, 0.1) is 0 Å². The van der Waals surface area contributed by atoms with Crippen LogP contribution in [0.3, 0.4) is 0 Å². The molecule has 0 amide bonds. The highest BCUT2D eigenvalue weighted by atomic mass is 35.5. The molecule has 9 heteroatoms. The van der Waals surface area contributed by atoms with Crippen molar-refractivity contribution in [3.05, 3.63) is 17.0 Å². The fourth-order valence-corrected chi connectivity index (χ4v) is 1.64. The highest BCUT2D eigenvalue weighted by molar-refractivity contribution is 6.28. The molecule has 1 N–H and O–H groups in total. The van der Waals surface area contributed by atoms with Crippen molar-refractivity contribution in [2.75, 3.05) is 31.7 Å². The molecule has 1 aliphatic rings. The zero-order valence-electron chi connectivity index (χ0n) is 9.17. The molecule has 0 bridgehead atoms. The summed E-state index contributed by atoms with van der Waals surface area (Å²) >= 11 is 5.47. The first-order valence-corrected chi connectivity index (χ1v) is 5.54. The van der Waals surface area contributed by atoms with Crippen molar-refractivity contribution < 1.29 is 17.9 Å². The second-order valence-electron chi connectivity index (χ2n) is 3.62. The Morgan fingerprint density at radius 2 is 1.94 bits per heavy atom. The molecule has 18 heavy (non-hydrogen) atoms.